The summed E-state index contributed by atoms with van der Waals surface area (Å²) in [6.07, 6.45) is 3.42. The van der Waals surface area contributed by atoms with Gasteiger partial charge in [-0.15, -0.1) is 0 Å². The lowest BCUT2D eigenvalue weighted by atomic mass is 9.93. The standard InChI is InChI=1S/C30H25F2NO3/c1-2-35-29(34)15-11-22-17-25(36-20-21-7-4-3-5-8-21)12-14-26(22)23-10-13-27(28(18-23)30(31)32)24-9-6-16-33-19-24/h3-19,30H,2,20H2,1H3. The number of nitrogens with zero attached hydrogens (tertiary/aromatic N) is 1. The lowest BCUT2D eigenvalue weighted by Crippen LogP contribution is -1.99. The number of alkyl halides is 2. The topological polar surface area (TPSA) is 48.4 Å². The number of hydrogen-bond donors (Lipinski definition) is 0. The molecule has 4 nitrogen and oxygen atoms in total. The van der Waals surface area contributed by atoms with Crippen LogP contribution in [0, 0.1) is 0 Å². The number of esters is 1. The number of aromatic nitrogens is 1. The van der Waals surface area contributed by atoms with Crippen molar-refractivity contribution in [3.05, 3.63) is 114 Å². The van der Waals surface area contributed by atoms with Gasteiger partial charge < -0.3 is 9.47 Å². The quantitative estimate of drug-likeness (QED) is 0.182. The molecular formula is C30H25F2NO3. The summed E-state index contributed by atoms with van der Waals surface area (Å²) in [7, 11) is 0. The summed E-state index contributed by atoms with van der Waals surface area (Å²) < 4.78 is 39.1. The van der Waals surface area contributed by atoms with Gasteiger partial charge >= 0.3 is 5.97 Å². The third-order valence-corrected chi connectivity index (χ3v) is 5.53. The molecule has 0 radical (unpaired) electrons. The smallest absolute Gasteiger partial charge is 0.330 e. The first kappa shape index (κ1) is 24.8. The fourth-order valence-electron chi connectivity index (χ4n) is 3.82. The number of rotatable bonds is 9. The van der Waals surface area contributed by atoms with Crippen molar-refractivity contribution in [2.24, 2.45) is 0 Å². The predicted octanol–water partition coefficient (Wildman–Crippen LogP) is 7.51. The van der Waals surface area contributed by atoms with Crippen LogP contribution in [0.15, 0.2) is 97.3 Å². The maximum atomic E-state index is 14.1. The molecule has 0 atom stereocenters. The number of carbonyl (C=O) groups excluding carboxylic acids is 1. The van der Waals surface area contributed by atoms with Crippen molar-refractivity contribution in [2.45, 2.75) is 20.0 Å². The van der Waals surface area contributed by atoms with E-state index >= 15 is 0 Å². The van der Waals surface area contributed by atoms with Gasteiger partial charge in [-0.25, -0.2) is 13.6 Å². The van der Waals surface area contributed by atoms with Gasteiger partial charge in [-0.1, -0.05) is 54.6 Å². The number of ether oxygens (including phenoxy) is 2. The van der Waals surface area contributed by atoms with E-state index in [-0.39, 0.29) is 12.2 Å². The molecule has 0 saturated carbocycles. The fraction of sp³-hybridized carbons (Fsp3) is 0.133. The van der Waals surface area contributed by atoms with Crippen LogP contribution in [0.2, 0.25) is 0 Å². The van der Waals surface area contributed by atoms with Crippen molar-refractivity contribution in [2.75, 3.05) is 6.61 Å². The highest BCUT2D eigenvalue weighted by Crippen LogP contribution is 2.36. The minimum Gasteiger partial charge on any atom is -0.489 e. The van der Waals surface area contributed by atoms with E-state index in [1.54, 1.807) is 67.9 Å². The number of hydrogen-bond acceptors (Lipinski definition) is 4. The van der Waals surface area contributed by atoms with Crippen LogP contribution in [0.5, 0.6) is 5.75 Å². The highest BCUT2D eigenvalue weighted by molar-refractivity contribution is 5.89. The molecule has 0 unspecified atom stereocenters. The molecule has 0 saturated heterocycles. The minimum absolute atomic E-state index is 0.0924. The lowest BCUT2D eigenvalue weighted by molar-refractivity contribution is -0.137. The summed E-state index contributed by atoms with van der Waals surface area (Å²) >= 11 is 0. The van der Waals surface area contributed by atoms with Gasteiger partial charge in [0, 0.05) is 29.6 Å². The number of pyridine rings is 1. The first-order chi connectivity index (χ1) is 17.5. The molecule has 6 heteroatoms. The van der Waals surface area contributed by atoms with E-state index in [9.17, 15) is 13.6 Å². The van der Waals surface area contributed by atoms with E-state index in [1.807, 2.05) is 30.3 Å². The summed E-state index contributed by atoms with van der Waals surface area (Å²) in [5.41, 5.74) is 3.88. The van der Waals surface area contributed by atoms with Gasteiger partial charge in [0.1, 0.15) is 12.4 Å². The molecule has 0 N–H and O–H groups in total. The minimum atomic E-state index is -2.67. The maximum absolute atomic E-state index is 14.1. The first-order valence-electron chi connectivity index (χ1n) is 11.5. The molecule has 0 aliphatic carbocycles. The Balaban J connectivity index is 1.72. The SMILES string of the molecule is CCOC(=O)C=Cc1cc(OCc2ccccc2)ccc1-c1ccc(-c2cccnc2)c(C(F)F)c1. The Hall–Kier alpha value is -4.32. The summed E-state index contributed by atoms with van der Waals surface area (Å²) in [4.78, 5) is 16.0. The molecule has 3 aromatic carbocycles. The second-order valence-electron chi connectivity index (χ2n) is 7.95. The fourth-order valence-corrected chi connectivity index (χ4v) is 3.82. The second-order valence-corrected chi connectivity index (χ2v) is 7.95. The number of benzene rings is 3. The van der Waals surface area contributed by atoms with Gasteiger partial charge in [0.2, 0.25) is 0 Å². The Kier molecular flexibility index (Phi) is 8.19. The maximum Gasteiger partial charge on any atom is 0.330 e. The Morgan fingerprint density at radius 1 is 0.944 bits per heavy atom. The van der Waals surface area contributed by atoms with E-state index in [1.165, 1.54) is 12.1 Å². The predicted molar refractivity (Wildman–Crippen MR) is 137 cm³/mol. The molecular weight excluding hydrogens is 460 g/mol. The lowest BCUT2D eigenvalue weighted by Gasteiger charge is -2.14. The van der Waals surface area contributed by atoms with Crippen LogP contribution in [0.3, 0.4) is 0 Å². The van der Waals surface area contributed by atoms with Gasteiger partial charge in [0.25, 0.3) is 6.43 Å². The monoisotopic (exact) mass is 485 g/mol. The highest BCUT2D eigenvalue weighted by Gasteiger charge is 2.17. The summed E-state index contributed by atoms with van der Waals surface area (Å²) in [5.74, 6) is 0.103. The van der Waals surface area contributed by atoms with Crippen molar-refractivity contribution in [1.29, 1.82) is 0 Å². The summed E-state index contributed by atoms with van der Waals surface area (Å²) in [6.45, 7) is 2.35. The molecule has 0 aliphatic rings. The third kappa shape index (κ3) is 6.21. The Morgan fingerprint density at radius 3 is 2.47 bits per heavy atom. The average molecular weight is 486 g/mol. The molecule has 0 aliphatic heterocycles. The van der Waals surface area contributed by atoms with Crippen molar-refractivity contribution < 1.29 is 23.0 Å². The highest BCUT2D eigenvalue weighted by atomic mass is 19.3. The molecule has 182 valence electrons. The Labute approximate surface area is 208 Å². The van der Waals surface area contributed by atoms with E-state index in [0.717, 1.165) is 5.56 Å². The largest absolute Gasteiger partial charge is 0.489 e. The van der Waals surface area contributed by atoms with Gasteiger partial charge in [0.05, 0.1) is 6.61 Å². The average Bonchev–Trinajstić information content (AvgIpc) is 2.91. The third-order valence-electron chi connectivity index (χ3n) is 5.53. The number of carbonyl (C=O) groups is 1. The first-order valence-corrected chi connectivity index (χ1v) is 11.5. The van der Waals surface area contributed by atoms with Crippen molar-refractivity contribution in [3.63, 3.8) is 0 Å². The zero-order chi connectivity index (χ0) is 25.3. The van der Waals surface area contributed by atoms with Crippen LogP contribution in [-0.2, 0) is 16.1 Å². The van der Waals surface area contributed by atoms with Crippen LogP contribution in [0.25, 0.3) is 28.3 Å². The van der Waals surface area contributed by atoms with Gasteiger partial charge in [0.15, 0.2) is 0 Å². The van der Waals surface area contributed by atoms with Gasteiger partial charge in [-0.2, -0.15) is 0 Å². The molecule has 36 heavy (non-hydrogen) atoms. The Morgan fingerprint density at radius 2 is 1.75 bits per heavy atom. The van der Waals surface area contributed by atoms with E-state index in [0.29, 0.717) is 40.2 Å². The molecule has 4 rings (SSSR count). The normalized spacial score (nSPS) is 11.1. The molecule has 4 aromatic rings. The molecule has 0 spiro atoms. The summed E-state index contributed by atoms with van der Waals surface area (Å²) in [6, 6.07) is 23.5. The van der Waals surface area contributed by atoms with Gasteiger partial charge in [-0.05, 0) is 65.1 Å². The van der Waals surface area contributed by atoms with Crippen LogP contribution in [0.4, 0.5) is 8.78 Å². The molecule has 1 aromatic heterocycles. The van der Waals surface area contributed by atoms with Crippen LogP contribution < -0.4 is 4.74 Å². The molecule has 0 amide bonds. The zero-order valence-corrected chi connectivity index (χ0v) is 19.7. The molecule has 0 fully saturated rings. The summed E-state index contributed by atoms with van der Waals surface area (Å²) in [5, 5.41) is 0. The van der Waals surface area contributed by atoms with E-state index < -0.39 is 12.4 Å². The van der Waals surface area contributed by atoms with Crippen LogP contribution in [-0.4, -0.2) is 17.6 Å². The van der Waals surface area contributed by atoms with Gasteiger partial charge in [-0.3, -0.25) is 4.98 Å². The van der Waals surface area contributed by atoms with Crippen LogP contribution >= 0.6 is 0 Å². The zero-order valence-electron chi connectivity index (χ0n) is 19.7. The number of halogens is 2. The second kappa shape index (κ2) is 11.9. The molecule has 1 heterocycles. The van der Waals surface area contributed by atoms with Crippen molar-refractivity contribution >= 4 is 12.0 Å². The Bertz CT molecular complexity index is 1340. The van der Waals surface area contributed by atoms with Crippen molar-refractivity contribution in [3.8, 4) is 28.0 Å². The van der Waals surface area contributed by atoms with Crippen molar-refractivity contribution in [1.82, 2.24) is 4.98 Å². The molecule has 0 bridgehead atoms. The van der Waals surface area contributed by atoms with E-state index in [2.05, 4.69) is 4.98 Å². The van der Waals surface area contributed by atoms with E-state index in [4.69, 9.17) is 9.47 Å². The van der Waals surface area contributed by atoms with Crippen LogP contribution in [0.1, 0.15) is 30.0 Å².